The Balaban J connectivity index is 1.93. The van der Waals surface area contributed by atoms with E-state index >= 15 is 0 Å². The Morgan fingerprint density at radius 1 is 1.41 bits per heavy atom. The fourth-order valence-electron chi connectivity index (χ4n) is 3.26. The van der Waals surface area contributed by atoms with Crippen molar-refractivity contribution in [3.8, 4) is 5.13 Å². The number of carboxylic acid groups (broad SMARTS) is 1. The zero-order chi connectivity index (χ0) is 19.1. The highest BCUT2D eigenvalue weighted by molar-refractivity contribution is 7.12. The van der Waals surface area contributed by atoms with Crippen LogP contribution in [0.15, 0.2) is 34.7 Å². The summed E-state index contributed by atoms with van der Waals surface area (Å²) in [4.78, 5) is 34.6. The first-order valence-electron chi connectivity index (χ1n) is 8.31. The van der Waals surface area contributed by atoms with Crippen molar-refractivity contribution in [2.24, 2.45) is 0 Å². The van der Waals surface area contributed by atoms with Crippen LogP contribution in [-0.2, 0) is 0 Å². The van der Waals surface area contributed by atoms with Gasteiger partial charge in [0, 0.05) is 36.8 Å². The molecule has 0 spiro atoms. The first kappa shape index (κ1) is 17.6. The van der Waals surface area contributed by atoms with Crippen molar-refractivity contribution < 1.29 is 15.0 Å². The number of likely N-dealkylation sites (N-methyl/N-ethyl adjacent to an activating group) is 1. The highest BCUT2D eigenvalue weighted by Gasteiger charge is 2.31. The van der Waals surface area contributed by atoms with Gasteiger partial charge in [0.15, 0.2) is 10.8 Å². The van der Waals surface area contributed by atoms with Crippen LogP contribution in [0.4, 0.5) is 5.82 Å². The first-order valence-corrected chi connectivity index (χ1v) is 9.19. The molecule has 0 radical (unpaired) electrons. The van der Waals surface area contributed by atoms with Gasteiger partial charge in [0.25, 0.3) is 0 Å². The van der Waals surface area contributed by atoms with E-state index in [4.69, 9.17) is 0 Å². The lowest BCUT2D eigenvalue weighted by Gasteiger charge is -2.22. The predicted molar refractivity (Wildman–Crippen MR) is 101 cm³/mol. The van der Waals surface area contributed by atoms with Crippen LogP contribution in [0.2, 0.25) is 0 Å². The molecule has 0 bridgehead atoms. The first-order chi connectivity index (χ1) is 13.0. The number of fused-ring (bicyclic) bond motifs is 1. The molecule has 1 fully saturated rings. The second-order valence-corrected chi connectivity index (χ2v) is 7.13. The zero-order valence-corrected chi connectivity index (χ0v) is 15.2. The molecule has 3 N–H and O–H groups in total. The van der Waals surface area contributed by atoms with Gasteiger partial charge in [0.05, 0.1) is 5.39 Å². The topological polar surface area (TPSA) is 121 Å². The summed E-state index contributed by atoms with van der Waals surface area (Å²) in [6, 6.07) is 3.31. The molecule has 27 heavy (non-hydrogen) atoms. The van der Waals surface area contributed by atoms with Crippen molar-refractivity contribution in [1.82, 2.24) is 19.9 Å². The third kappa shape index (κ3) is 2.97. The van der Waals surface area contributed by atoms with E-state index in [2.05, 4.69) is 15.3 Å². The molecule has 3 aromatic heterocycles. The lowest BCUT2D eigenvalue weighted by molar-refractivity contribution is 0.0695. The number of aliphatic hydroxyl groups is 1. The van der Waals surface area contributed by atoms with Gasteiger partial charge in [-0.1, -0.05) is 0 Å². The molecule has 9 nitrogen and oxygen atoms in total. The second-order valence-electron chi connectivity index (χ2n) is 6.26. The lowest BCUT2D eigenvalue weighted by atomic mass is 10.2. The maximum absolute atomic E-state index is 12.6. The Morgan fingerprint density at radius 2 is 2.22 bits per heavy atom. The summed E-state index contributed by atoms with van der Waals surface area (Å²) in [7, 11) is 1.84. The van der Waals surface area contributed by atoms with Crippen LogP contribution in [0.3, 0.4) is 0 Å². The van der Waals surface area contributed by atoms with E-state index in [-0.39, 0.29) is 17.0 Å². The van der Waals surface area contributed by atoms with E-state index in [0.717, 1.165) is 0 Å². The van der Waals surface area contributed by atoms with Crippen molar-refractivity contribution in [2.45, 2.75) is 18.7 Å². The average molecular weight is 387 g/mol. The fraction of sp³-hybridized carbons (Fsp3) is 0.294. The molecular formula is C17H17N5O4S. The monoisotopic (exact) mass is 387 g/mol. The number of aromatic nitrogens is 3. The van der Waals surface area contributed by atoms with Crippen LogP contribution in [0, 0.1) is 0 Å². The molecule has 0 amide bonds. The molecule has 4 heterocycles. The number of hydrogen-bond acceptors (Lipinski definition) is 8. The van der Waals surface area contributed by atoms with Gasteiger partial charge in [0.1, 0.15) is 17.6 Å². The molecule has 0 aromatic carbocycles. The van der Waals surface area contributed by atoms with Gasteiger partial charge >= 0.3 is 5.97 Å². The number of carbonyl (C=O) groups is 1. The van der Waals surface area contributed by atoms with Crippen molar-refractivity contribution in [3.63, 3.8) is 0 Å². The summed E-state index contributed by atoms with van der Waals surface area (Å²) in [6.45, 7) is 0.574. The molecule has 1 aliphatic rings. The van der Waals surface area contributed by atoms with E-state index < -0.39 is 17.6 Å². The second kappa shape index (κ2) is 6.72. The highest BCUT2D eigenvalue weighted by atomic mass is 32.1. The Hall–Kier alpha value is -2.82. The standard InChI is InChI=1S/C17H17N5O4S/c1-18-9-6-13(23)21(7-9)12-3-2-10-14(24)11(16(25)26)8-22(15(10)20-12)17-19-4-5-27-17/h2-5,8-9,13,18,23H,6-7H2,1H3,(H,25,26). The van der Waals surface area contributed by atoms with Gasteiger partial charge < -0.3 is 20.4 Å². The predicted octanol–water partition coefficient (Wildman–Crippen LogP) is 0.657. The van der Waals surface area contributed by atoms with Crippen LogP contribution >= 0.6 is 11.3 Å². The van der Waals surface area contributed by atoms with Crippen molar-refractivity contribution in [3.05, 3.63) is 45.7 Å². The SMILES string of the molecule is CNC1CC(O)N(c2ccc3c(=O)c(C(=O)O)cn(-c4nccs4)c3n2)C1. The number of nitrogens with one attached hydrogen (secondary N) is 1. The molecule has 0 saturated carbocycles. The van der Waals surface area contributed by atoms with Gasteiger partial charge in [-0.3, -0.25) is 9.36 Å². The number of anilines is 1. The van der Waals surface area contributed by atoms with Gasteiger partial charge in [-0.25, -0.2) is 14.8 Å². The number of thiazole rings is 1. The molecule has 10 heteroatoms. The summed E-state index contributed by atoms with van der Waals surface area (Å²) in [5, 5.41) is 25.3. The smallest absolute Gasteiger partial charge is 0.341 e. The number of aliphatic hydroxyl groups excluding tert-OH is 1. The minimum atomic E-state index is -1.30. The Bertz CT molecular complexity index is 1070. The molecule has 140 valence electrons. The van der Waals surface area contributed by atoms with Gasteiger partial charge in [0.2, 0.25) is 5.43 Å². The summed E-state index contributed by atoms with van der Waals surface area (Å²) >= 11 is 1.30. The van der Waals surface area contributed by atoms with Crippen LogP contribution in [-0.4, -0.2) is 56.6 Å². The quantitative estimate of drug-likeness (QED) is 0.597. The minimum Gasteiger partial charge on any atom is -0.477 e. The van der Waals surface area contributed by atoms with Crippen LogP contribution in [0.5, 0.6) is 0 Å². The Labute approximate surface area is 157 Å². The average Bonchev–Trinajstić information content (AvgIpc) is 3.31. The van der Waals surface area contributed by atoms with E-state index in [0.29, 0.717) is 29.6 Å². The van der Waals surface area contributed by atoms with E-state index in [1.165, 1.54) is 22.1 Å². The van der Waals surface area contributed by atoms with Crippen LogP contribution in [0.1, 0.15) is 16.8 Å². The van der Waals surface area contributed by atoms with E-state index in [1.54, 1.807) is 28.6 Å². The van der Waals surface area contributed by atoms with E-state index in [1.807, 2.05) is 7.05 Å². The summed E-state index contributed by atoms with van der Waals surface area (Å²) < 4.78 is 1.51. The normalized spacial score (nSPS) is 19.7. The minimum absolute atomic E-state index is 0.132. The Kier molecular flexibility index (Phi) is 4.38. The fourth-order valence-corrected chi connectivity index (χ4v) is 3.87. The van der Waals surface area contributed by atoms with Crippen LogP contribution in [0.25, 0.3) is 16.2 Å². The maximum atomic E-state index is 12.6. The molecule has 3 aromatic rings. The number of rotatable bonds is 4. The summed E-state index contributed by atoms with van der Waals surface area (Å²) in [6.07, 6.45) is 2.72. The highest BCUT2D eigenvalue weighted by Crippen LogP contribution is 2.26. The molecule has 2 atom stereocenters. The number of aromatic carboxylic acids is 1. The van der Waals surface area contributed by atoms with Gasteiger partial charge in [-0.15, -0.1) is 11.3 Å². The number of carboxylic acids is 1. The number of pyridine rings is 2. The van der Waals surface area contributed by atoms with Crippen molar-refractivity contribution >= 4 is 34.2 Å². The largest absolute Gasteiger partial charge is 0.477 e. The zero-order valence-electron chi connectivity index (χ0n) is 14.4. The molecule has 2 unspecified atom stereocenters. The molecule has 4 rings (SSSR count). The molecule has 1 aliphatic heterocycles. The van der Waals surface area contributed by atoms with Gasteiger partial charge in [-0.05, 0) is 19.2 Å². The van der Waals surface area contributed by atoms with E-state index in [9.17, 15) is 19.8 Å². The lowest BCUT2D eigenvalue weighted by Crippen LogP contribution is -2.32. The van der Waals surface area contributed by atoms with Crippen molar-refractivity contribution in [2.75, 3.05) is 18.5 Å². The summed E-state index contributed by atoms with van der Waals surface area (Å²) in [5.41, 5.74) is -0.638. The number of nitrogens with zero attached hydrogens (tertiary/aromatic N) is 4. The molecule has 0 aliphatic carbocycles. The van der Waals surface area contributed by atoms with Gasteiger partial charge in [-0.2, -0.15) is 0 Å². The van der Waals surface area contributed by atoms with Crippen molar-refractivity contribution in [1.29, 1.82) is 0 Å². The number of hydrogen-bond donors (Lipinski definition) is 3. The summed E-state index contributed by atoms with van der Waals surface area (Å²) in [5.74, 6) is -0.788. The third-order valence-electron chi connectivity index (χ3n) is 4.67. The third-order valence-corrected chi connectivity index (χ3v) is 5.44. The maximum Gasteiger partial charge on any atom is 0.341 e. The Morgan fingerprint density at radius 3 is 2.85 bits per heavy atom. The molecule has 1 saturated heterocycles. The van der Waals surface area contributed by atoms with Crippen LogP contribution < -0.4 is 15.6 Å². The molecular weight excluding hydrogens is 370 g/mol.